The Hall–Kier alpha value is -1.08. The third-order valence-electron chi connectivity index (χ3n) is 3.28. The highest BCUT2D eigenvalue weighted by Gasteiger charge is 2.32. The zero-order chi connectivity index (χ0) is 12.3. The van der Waals surface area contributed by atoms with Crippen LogP contribution in [0, 0.1) is 23.2 Å². The molecule has 0 radical (unpaired) electrons. The van der Waals surface area contributed by atoms with Crippen LogP contribution < -0.4 is 0 Å². The first-order valence-corrected chi connectivity index (χ1v) is 5.82. The van der Waals surface area contributed by atoms with Gasteiger partial charge in [0, 0.05) is 19.1 Å². The smallest absolute Gasteiger partial charge is 0.240 e. The number of carbonyl (C=O) groups is 1. The van der Waals surface area contributed by atoms with Crippen LogP contribution in [-0.4, -0.2) is 48.9 Å². The fourth-order valence-electron chi connectivity index (χ4n) is 2.05. The van der Waals surface area contributed by atoms with Crippen molar-refractivity contribution in [3.63, 3.8) is 0 Å². The van der Waals surface area contributed by atoms with Gasteiger partial charge in [-0.25, -0.2) is 0 Å². The Morgan fingerprint density at radius 3 is 2.50 bits per heavy atom. The number of rotatable bonds is 3. The van der Waals surface area contributed by atoms with Gasteiger partial charge in [-0.1, -0.05) is 13.8 Å². The molecule has 0 aromatic carbocycles. The maximum Gasteiger partial charge on any atom is 0.240 e. The van der Waals surface area contributed by atoms with E-state index in [2.05, 4.69) is 11.0 Å². The molecule has 2 atom stereocenters. The van der Waals surface area contributed by atoms with Gasteiger partial charge in [0.2, 0.25) is 5.91 Å². The Kier molecular flexibility index (Phi) is 4.31. The van der Waals surface area contributed by atoms with E-state index in [-0.39, 0.29) is 11.8 Å². The highest BCUT2D eigenvalue weighted by atomic mass is 16.2. The predicted octanol–water partition coefficient (Wildman–Crippen LogP) is 0.945. The average Bonchev–Trinajstić information content (AvgIpc) is 2.66. The van der Waals surface area contributed by atoms with Gasteiger partial charge < -0.3 is 9.80 Å². The molecule has 4 nitrogen and oxygen atoms in total. The predicted molar refractivity (Wildman–Crippen MR) is 62.6 cm³/mol. The lowest BCUT2D eigenvalue weighted by Gasteiger charge is -2.23. The van der Waals surface area contributed by atoms with Crippen molar-refractivity contribution < 1.29 is 4.79 Å². The molecule has 1 rings (SSSR count). The number of hydrogen-bond donors (Lipinski definition) is 0. The zero-order valence-electron chi connectivity index (χ0n) is 10.6. The number of nitriles is 1. The van der Waals surface area contributed by atoms with E-state index in [0.29, 0.717) is 6.04 Å². The summed E-state index contributed by atoms with van der Waals surface area (Å²) in [6.45, 7) is 5.39. The molecule has 1 saturated heterocycles. The van der Waals surface area contributed by atoms with Gasteiger partial charge in [-0.3, -0.25) is 4.79 Å². The summed E-state index contributed by atoms with van der Waals surface area (Å²) >= 11 is 0. The number of carbonyl (C=O) groups excluding carboxylic acids is 1. The van der Waals surface area contributed by atoms with Crippen LogP contribution >= 0.6 is 0 Å². The first-order valence-electron chi connectivity index (χ1n) is 5.82. The lowest BCUT2D eigenvalue weighted by Crippen LogP contribution is -2.38. The number of amides is 1. The highest BCUT2D eigenvalue weighted by Crippen LogP contribution is 2.19. The van der Waals surface area contributed by atoms with E-state index < -0.39 is 5.92 Å². The van der Waals surface area contributed by atoms with Crippen molar-refractivity contribution in [1.82, 2.24) is 9.80 Å². The summed E-state index contributed by atoms with van der Waals surface area (Å²) in [7, 11) is 4.06. The highest BCUT2D eigenvalue weighted by molar-refractivity contribution is 5.81. The Morgan fingerprint density at radius 2 is 2.12 bits per heavy atom. The summed E-state index contributed by atoms with van der Waals surface area (Å²) in [5, 5.41) is 8.99. The molecule has 0 aromatic heterocycles. The van der Waals surface area contributed by atoms with E-state index >= 15 is 0 Å². The first-order chi connectivity index (χ1) is 7.47. The Balaban J connectivity index is 2.60. The van der Waals surface area contributed by atoms with Gasteiger partial charge in [0.1, 0.15) is 5.92 Å². The van der Waals surface area contributed by atoms with Gasteiger partial charge >= 0.3 is 0 Å². The van der Waals surface area contributed by atoms with Gasteiger partial charge in [-0.05, 0) is 26.4 Å². The average molecular weight is 223 g/mol. The van der Waals surface area contributed by atoms with Crippen LogP contribution in [0.5, 0.6) is 0 Å². The number of nitrogens with zero attached hydrogens (tertiary/aromatic N) is 3. The molecule has 90 valence electrons. The largest absolute Gasteiger partial charge is 0.340 e. The number of likely N-dealkylation sites (tertiary alicyclic amines) is 1. The Labute approximate surface area is 97.8 Å². The van der Waals surface area contributed by atoms with Crippen molar-refractivity contribution in [2.75, 3.05) is 27.2 Å². The minimum atomic E-state index is -0.485. The Bertz CT molecular complexity index is 293. The Morgan fingerprint density at radius 1 is 1.50 bits per heavy atom. The SMILES string of the molecule is CC(C)C(C#N)C(=O)N1CCC(N(C)C)C1. The molecule has 1 aliphatic rings. The fraction of sp³-hybridized carbons (Fsp3) is 0.833. The maximum atomic E-state index is 12.1. The van der Waals surface area contributed by atoms with E-state index in [0.717, 1.165) is 19.5 Å². The molecule has 1 amide bonds. The molecule has 1 aliphatic heterocycles. The molecule has 4 heteroatoms. The summed E-state index contributed by atoms with van der Waals surface area (Å²) in [5.41, 5.74) is 0. The normalized spacial score (nSPS) is 22.6. The third-order valence-corrected chi connectivity index (χ3v) is 3.28. The molecule has 0 aliphatic carbocycles. The van der Waals surface area contributed by atoms with Gasteiger partial charge in [0.15, 0.2) is 0 Å². The van der Waals surface area contributed by atoms with E-state index in [1.165, 1.54) is 0 Å². The molecule has 16 heavy (non-hydrogen) atoms. The van der Waals surface area contributed by atoms with E-state index in [1.807, 2.05) is 32.8 Å². The summed E-state index contributed by atoms with van der Waals surface area (Å²) in [4.78, 5) is 16.0. The van der Waals surface area contributed by atoms with Gasteiger partial charge in [-0.15, -0.1) is 0 Å². The van der Waals surface area contributed by atoms with Crippen LogP contribution in [0.3, 0.4) is 0 Å². The van der Waals surface area contributed by atoms with Crippen molar-refractivity contribution in [3.05, 3.63) is 0 Å². The van der Waals surface area contributed by atoms with Crippen LogP contribution in [0.1, 0.15) is 20.3 Å². The quantitative estimate of drug-likeness (QED) is 0.715. The standard InChI is InChI=1S/C12H21N3O/c1-9(2)11(7-13)12(16)15-6-5-10(8-15)14(3)4/h9-11H,5-6,8H2,1-4H3. The fourth-order valence-corrected chi connectivity index (χ4v) is 2.05. The topological polar surface area (TPSA) is 47.3 Å². The van der Waals surface area contributed by atoms with Crippen LogP contribution in [-0.2, 0) is 4.79 Å². The van der Waals surface area contributed by atoms with Crippen molar-refractivity contribution in [2.45, 2.75) is 26.3 Å². The van der Waals surface area contributed by atoms with Crippen LogP contribution in [0.2, 0.25) is 0 Å². The third kappa shape index (κ3) is 2.73. The molecule has 0 bridgehead atoms. The van der Waals surface area contributed by atoms with Crippen molar-refractivity contribution in [1.29, 1.82) is 5.26 Å². The molecule has 0 spiro atoms. The molecule has 0 saturated carbocycles. The summed E-state index contributed by atoms with van der Waals surface area (Å²) < 4.78 is 0. The van der Waals surface area contributed by atoms with Crippen LogP contribution in [0.4, 0.5) is 0 Å². The summed E-state index contributed by atoms with van der Waals surface area (Å²) in [6, 6.07) is 2.56. The minimum Gasteiger partial charge on any atom is -0.340 e. The molecular formula is C12H21N3O. The molecule has 2 unspecified atom stereocenters. The van der Waals surface area contributed by atoms with Gasteiger partial charge in [0.05, 0.1) is 6.07 Å². The van der Waals surface area contributed by atoms with Gasteiger partial charge in [0.25, 0.3) is 0 Å². The van der Waals surface area contributed by atoms with E-state index in [9.17, 15) is 4.79 Å². The monoisotopic (exact) mass is 223 g/mol. The van der Waals surface area contributed by atoms with Crippen LogP contribution in [0.25, 0.3) is 0 Å². The molecular weight excluding hydrogens is 202 g/mol. The maximum absolute atomic E-state index is 12.1. The minimum absolute atomic E-state index is 0.00171. The second-order valence-corrected chi connectivity index (χ2v) is 5.04. The second-order valence-electron chi connectivity index (χ2n) is 5.04. The molecule has 0 N–H and O–H groups in total. The van der Waals surface area contributed by atoms with Crippen LogP contribution in [0.15, 0.2) is 0 Å². The zero-order valence-corrected chi connectivity index (χ0v) is 10.6. The molecule has 1 heterocycles. The van der Waals surface area contributed by atoms with Crippen molar-refractivity contribution in [2.24, 2.45) is 11.8 Å². The summed E-state index contributed by atoms with van der Waals surface area (Å²) in [6.07, 6.45) is 1.01. The van der Waals surface area contributed by atoms with Crippen molar-refractivity contribution >= 4 is 5.91 Å². The lowest BCUT2D eigenvalue weighted by molar-refractivity contribution is -0.133. The summed E-state index contributed by atoms with van der Waals surface area (Å²) in [5.74, 6) is -0.390. The second kappa shape index (κ2) is 5.31. The number of likely N-dealkylation sites (N-methyl/N-ethyl adjacent to an activating group) is 1. The molecule has 1 fully saturated rings. The van der Waals surface area contributed by atoms with Crippen molar-refractivity contribution in [3.8, 4) is 6.07 Å². The van der Waals surface area contributed by atoms with Gasteiger partial charge in [-0.2, -0.15) is 5.26 Å². The lowest BCUT2D eigenvalue weighted by atomic mass is 9.96. The van der Waals surface area contributed by atoms with E-state index in [1.54, 1.807) is 0 Å². The molecule has 0 aromatic rings. The number of hydrogen-bond acceptors (Lipinski definition) is 3. The first kappa shape index (κ1) is 13.0. The van der Waals surface area contributed by atoms with E-state index in [4.69, 9.17) is 5.26 Å².